The molecule has 6 nitrogen and oxygen atoms in total. The van der Waals surface area contributed by atoms with Gasteiger partial charge in [-0.05, 0) is 24.3 Å². The van der Waals surface area contributed by atoms with E-state index in [1.807, 2.05) is 0 Å². The Morgan fingerprint density at radius 1 is 1.35 bits per heavy atom. The fourth-order valence-corrected chi connectivity index (χ4v) is 1.49. The number of amides is 1. The number of furan rings is 1. The minimum atomic E-state index is -0.831. The molecule has 0 saturated carbocycles. The summed E-state index contributed by atoms with van der Waals surface area (Å²) in [5, 5.41) is 10.8. The Kier molecular flexibility index (Phi) is 2.61. The lowest BCUT2D eigenvalue weighted by Crippen LogP contribution is -2.13. The molecule has 0 atom stereocenters. The SMILES string of the molecule is NC(=O)c1ccc(-c2ccco2)cc1[N+](=O)[O-]. The number of nitrogens with zero attached hydrogens (tertiary/aromatic N) is 1. The predicted molar refractivity (Wildman–Crippen MR) is 59.3 cm³/mol. The summed E-state index contributed by atoms with van der Waals surface area (Å²) in [4.78, 5) is 21.2. The van der Waals surface area contributed by atoms with Gasteiger partial charge in [0.05, 0.1) is 11.2 Å². The van der Waals surface area contributed by atoms with Gasteiger partial charge < -0.3 is 10.2 Å². The first-order valence-electron chi connectivity index (χ1n) is 4.71. The number of hydrogen-bond acceptors (Lipinski definition) is 4. The number of hydrogen-bond donors (Lipinski definition) is 1. The molecular formula is C11H8N2O4. The second-order valence-corrected chi connectivity index (χ2v) is 3.33. The van der Waals surface area contributed by atoms with Crippen LogP contribution >= 0.6 is 0 Å². The largest absolute Gasteiger partial charge is 0.464 e. The molecule has 6 heteroatoms. The van der Waals surface area contributed by atoms with Gasteiger partial charge in [-0.25, -0.2) is 0 Å². The van der Waals surface area contributed by atoms with Crippen molar-refractivity contribution in [1.82, 2.24) is 0 Å². The van der Waals surface area contributed by atoms with Crippen LogP contribution in [-0.4, -0.2) is 10.8 Å². The molecule has 2 rings (SSSR count). The lowest BCUT2D eigenvalue weighted by molar-refractivity contribution is -0.385. The maximum Gasteiger partial charge on any atom is 0.282 e. The topological polar surface area (TPSA) is 99.4 Å². The number of carbonyl (C=O) groups excluding carboxylic acids is 1. The second kappa shape index (κ2) is 4.09. The molecule has 17 heavy (non-hydrogen) atoms. The van der Waals surface area contributed by atoms with Gasteiger partial charge >= 0.3 is 0 Å². The molecule has 1 amide bonds. The van der Waals surface area contributed by atoms with Gasteiger partial charge in [-0.3, -0.25) is 14.9 Å². The van der Waals surface area contributed by atoms with Crippen LogP contribution in [0.25, 0.3) is 11.3 Å². The van der Waals surface area contributed by atoms with Crippen molar-refractivity contribution in [2.45, 2.75) is 0 Å². The van der Waals surface area contributed by atoms with Gasteiger partial charge in [-0.1, -0.05) is 0 Å². The van der Waals surface area contributed by atoms with Crippen molar-refractivity contribution in [1.29, 1.82) is 0 Å². The van der Waals surface area contributed by atoms with Gasteiger partial charge in [-0.2, -0.15) is 0 Å². The molecule has 0 aliphatic heterocycles. The summed E-state index contributed by atoms with van der Waals surface area (Å²) in [5.41, 5.74) is 5.13. The van der Waals surface area contributed by atoms with Gasteiger partial charge in [0.25, 0.3) is 11.6 Å². The first kappa shape index (κ1) is 10.9. The minimum absolute atomic E-state index is 0.120. The highest BCUT2D eigenvalue weighted by atomic mass is 16.6. The van der Waals surface area contributed by atoms with Crippen LogP contribution in [0.3, 0.4) is 0 Å². The van der Waals surface area contributed by atoms with Gasteiger partial charge in [0.15, 0.2) is 0 Å². The Bertz CT molecular complexity index is 575. The molecule has 0 aliphatic carbocycles. The Morgan fingerprint density at radius 3 is 2.65 bits per heavy atom. The van der Waals surface area contributed by atoms with Crippen molar-refractivity contribution < 1.29 is 14.1 Å². The zero-order valence-electron chi connectivity index (χ0n) is 8.62. The molecule has 0 spiro atoms. The third-order valence-corrected chi connectivity index (χ3v) is 2.27. The van der Waals surface area contributed by atoms with Crippen LogP contribution in [-0.2, 0) is 0 Å². The standard InChI is InChI=1S/C11H8N2O4/c12-11(14)8-4-3-7(6-9(8)13(15)16)10-2-1-5-17-10/h1-6H,(H2,12,14). The third-order valence-electron chi connectivity index (χ3n) is 2.27. The molecule has 0 unspecified atom stereocenters. The molecule has 2 aromatic rings. The van der Waals surface area contributed by atoms with E-state index < -0.39 is 10.8 Å². The molecule has 0 radical (unpaired) electrons. The molecular weight excluding hydrogens is 224 g/mol. The summed E-state index contributed by atoms with van der Waals surface area (Å²) in [6.07, 6.45) is 1.46. The second-order valence-electron chi connectivity index (χ2n) is 3.33. The smallest absolute Gasteiger partial charge is 0.282 e. The van der Waals surface area contributed by atoms with Gasteiger partial charge in [0.1, 0.15) is 11.3 Å². The molecule has 0 bridgehead atoms. The normalized spacial score (nSPS) is 10.1. The van der Waals surface area contributed by atoms with Crippen LogP contribution in [0.5, 0.6) is 0 Å². The van der Waals surface area contributed by atoms with E-state index in [1.165, 1.54) is 18.4 Å². The fraction of sp³-hybridized carbons (Fsp3) is 0. The molecule has 1 heterocycles. The lowest BCUT2D eigenvalue weighted by atomic mass is 10.1. The van der Waals surface area contributed by atoms with Crippen LogP contribution in [0, 0.1) is 10.1 Å². The highest BCUT2D eigenvalue weighted by molar-refractivity contribution is 5.97. The number of carbonyl (C=O) groups is 1. The van der Waals surface area contributed by atoms with Crippen molar-refractivity contribution >= 4 is 11.6 Å². The summed E-state index contributed by atoms with van der Waals surface area (Å²) in [7, 11) is 0. The van der Waals surface area contributed by atoms with E-state index in [9.17, 15) is 14.9 Å². The molecule has 1 aromatic carbocycles. The van der Waals surface area contributed by atoms with Gasteiger partial charge in [-0.15, -0.1) is 0 Å². The van der Waals surface area contributed by atoms with E-state index in [2.05, 4.69) is 0 Å². The van der Waals surface area contributed by atoms with Gasteiger partial charge in [0.2, 0.25) is 0 Å². The summed E-state index contributed by atoms with van der Waals surface area (Å²) in [6.45, 7) is 0. The molecule has 0 fully saturated rings. The number of nitro groups is 1. The highest BCUT2D eigenvalue weighted by Crippen LogP contribution is 2.27. The minimum Gasteiger partial charge on any atom is -0.464 e. The third kappa shape index (κ3) is 2.00. The fourth-order valence-electron chi connectivity index (χ4n) is 1.49. The number of nitrogens with two attached hydrogens (primary N) is 1. The Morgan fingerprint density at radius 2 is 2.12 bits per heavy atom. The quantitative estimate of drug-likeness (QED) is 0.645. The monoisotopic (exact) mass is 232 g/mol. The van der Waals surface area contributed by atoms with E-state index in [-0.39, 0.29) is 11.3 Å². The molecule has 86 valence electrons. The Hall–Kier alpha value is -2.63. The number of rotatable bonds is 3. The maximum absolute atomic E-state index is 11.0. The summed E-state index contributed by atoms with van der Waals surface area (Å²) < 4.78 is 5.12. The van der Waals surface area contributed by atoms with E-state index >= 15 is 0 Å². The van der Waals surface area contributed by atoms with Gasteiger partial charge in [0, 0.05) is 11.6 Å². The number of nitro benzene ring substituents is 1. The summed E-state index contributed by atoms with van der Waals surface area (Å²) >= 11 is 0. The Labute approximate surface area is 95.8 Å². The van der Waals surface area contributed by atoms with E-state index in [1.54, 1.807) is 18.2 Å². The highest BCUT2D eigenvalue weighted by Gasteiger charge is 2.19. The average Bonchev–Trinajstić information content (AvgIpc) is 2.81. The molecule has 2 N–H and O–H groups in total. The lowest BCUT2D eigenvalue weighted by Gasteiger charge is -2.01. The van der Waals surface area contributed by atoms with Crippen LogP contribution < -0.4 is 5.73 Å². The molecule has 0 aliphatic rings. The maximum atomic E-state index is 11.0. The average molecular weight is 232 g/mol. The zero-order valence-corrected chi connectivity index (χ0v) is 8.62. The first-order valence-corrected chi connectivity index (χ1v) is 4.71. The van der Waals surface area contributed by atoms with Crippen molar-refractivity contribution in [3.05, 3.63) is 52.3 Å². The van der Waals surface area contributed by atoms with E-state index in [0.717, 1.165) is 0 Å². The van der Waals surface area contributed by atoms with Crippen LogP contribution in [0.1, 0.15) is 10.4 Å². The van der Waals surface area contributed by atoms with E-state index in [0.29, 0.717) is 11.3 Å². The molecule has 1 aromatic heterocycles. The van der Waals surface area contributed by atoms with Crippen LogP contribution in [0.4, 0.5) is 5.69 Å². The van der Waals surface area contributed by atoms with Crippen molar-refractivity contribution in [2.75, 3.05) is 0 Å². The Balaban J connectivity index is 2.57. The predicted octanol–water partition coefficient (Wildman–Crippen LogP) is 1.95. The summed E-state index contributed by atoms with van der Waals surface area (Å²) in [6, 6.07) is 7.47. The van der Waals surface area contributed by atoms with Crippen molar-refractivity contribution in [3.8, 4) is 11.3 Å². The zero-order chi connectivity index (χ0) is 12.4. The van der Waals surface area contributed by atoms with Crippen LogP contribution in [0.15, 0.2) is 41.0 Å². The van der Waals surface area contributed by atoms with Crippen molar-refractivity contribution in [2.24, 2.45) is 5.73 Å². The van der Waals surface area contributed by atoms with E-state index in [4.69, 9.17) is 10.2 Å². The first-order chi connectivity index (χ1) is 8.09. The van der Waals surface area contributed by atoms with Crippen molar-refractivity contribution in [3.63, 3.8) is 0 Å². The number of primary amides is 1. The van der Waals surface area contributed by atoms with Crippen LogP contribution in [0.2, 0.25) is 0 Å². The summed E-state index contributed by atoms with van der Waals surface area (Å²) in [5.74, 6) is -0.341. The number of benzene rings is 1. The molecule has 0 saturated heterocycles.